The van der Waals surface area contributed by atoms with Gasteiger partial charge in [0, 0.05) is 75.3 Å². The minimum Gasteiger partial charge on any atom is -0.481 e. The highest BCUT2D eigenvalue weighted by Gasteiger charge is 2.37. The van der Waals surface area contributed by atoms with E-state index in [0.29, 0.717) is 51.4 Å². The quantitative estimate of drug-likeness (QED) is 0.0133. The van der Waals surface area contributed by atoms with Crippen molar-refractivity contribution < 1.29 is 125 Å². The van der Waals surface area contributed by atoms with Crippen LogP contribution in [0.4, 0.5) is 0 Å². The standard InChI is InChI=1S/C15H29N3O4S2.C13H23N3O4S2.2C10H19NO3S.C6H11BrO2.C6H12O2.2C5H11NO2S.2C5H10O2.CH2Br2.CH4/c1-15(2,9-17-12(19)10(16-3)7-23-5)14(21)18-11(8-24-6)13(20)22-4;1-13(2)7-15-10(17)8(14-3)5-21-22-6-9(11(18)20-4)16-12(13)19;2*1-10(2,3)9(13)11-7(6-15-5)8(12)14-4;1-6(2,4-7)5(8)9-3;1-6(2,3)5(7)8-4;1-8-5(7)4(6)3-9-2;1-6-4(3-9-2)5(7)8;1-5(2,3)4(6)7;1-4(2)5(6)7-3;2-1-3;/h10-11,16H,7-9H2,1-6H3,(H,17,19)(H,18,21);8-9,14H,5-7H2,1-4H3,(H,15,17)(H,16,19);2*7H,6H2,1-5H3,(H,11,13);4H2,1-3H3;1-4H3;4H,3,6H2,1-2H3;4,6H,3H2,1-2H3,(H,7,8);1-3H3,(H,6,7);4H,1-3H3;1H2;1H4. The smallest absolute Gasteiger partial charge is 0.329 e. The maximum Gasteiger partial charge on any atom is 0.329 e. The summed E-state index contributed by atoms with van der Waals surface area (Å²) in [5.74, 6) is -1.02. The average molecular weight is 2200 g/mol. The second-order valence-electron chi connectivity index (χ2n) is 32.8. The van der Waals surface area contributed by atoms with Crippen molar-refractivity contribution in [1.29, 1.82) is 0 Å². The van der Waals surface area contributed by atoms with E-state index in [4.69, 9.17) is 25.4 Å². The summed E-state index contributed by atoms with van der Waals surface area (Å²) >= 11 is 18.4. The summed E-state index contributed by atoms with van der Waals surface area (Å²) in [7, 11) is 18.7. The molecule has 764 valence electrons. The first kappa shape index (κ1) is 148. The summed E-state index contributed by atoms with van der Waals surface area (Å²) in [6, 6.07) is -4.03. The number of hydrogen-bond acceptors (Lipinski definition) is 36. The van der Waals surface area contributed by atoms with Crippen molar-refractivity contribution in [1.82, 2.24) is 47.9 Å². The van der Waals surface area contributed by atoms with Gasteiger partial charge in [-0.1, -0.05) is 132 Å². The molecule has 8 atom stereocenters. The van der Waals surface area contributed by atoms with Crippen molar-refractivity contribution in [3.05, 3.63) is 0 Å². The number of thioether (sulfide) groups is 6. The van der Waals surface area contributed by atoms with Gasteiger partial charge in [0.2, 0.25) is 35.4 Å². The van der Waals surface area contributed by atoms with Gasteiger partial charge < -0.3 is 102 Å². The molecule has 0 saturated carbocycles. The fourth-order valence-corrected chi connectivity index (χ4v) is 13.0. The molecule has 0 spiro atoms. The number of halogens is 3. The molecule has 1 heterocycles. The Bertz CT molecular complexity index is 3120. The number of likely N-dealkylation sites (N-methyl/N-ethyl adjacent to an activating group) is 3. The van der Waals surface area contributed by atoms with Gasteiger partial charge in [-0.2, -0.15) is 70.6 Å². The zero-order chi connectivity index (χ0) is 103. The van der Waals surface area contributed by atoms with Crippen molar-refractivity contribution in [2.75, 3.05) is 184 Å². The van der Waals surface area contributed by atoms with Crippen molar-refractivity contribution >= 4 is 235 Å². The highest BCUT2D eigenvalue weighted by atomic mass is 79.9. The maximum atomic E-state index is 12.4. The molecule has 0 aliphatic carbocycles. The van der Waals surface area contributed by atoms with Crippen molar-refractivity contribution in [3.63, 3.8) is 0 Å². The molecule has 0 aromatic heterocycles. The summed E-state index contributed by atoms with van der Waals surface area (Å²) in [5, 5.41) is 42.2. The predicted octanol–water partition coefficient (Wildman–Crippen LogP) is 8.94. The van der Waals surface area contributed by atoms with Crippen LogP contribution in [0.3, 0.4) is 0 Å². The SMILES string of the molecule is BrCBr.C.CC(C)(C)C(=O)O.CNC(CSC)C(=O)NCC(C)(C)C(=O)NC(CSC)C(=O)OC.CNC(CSC)C(=O)O.CNC1CSSCC(C(=O)OC)NC(=O)C(C)(C)CNC1=O.COC(=O)C(C)(C)C.COC(=O)C(C)(C)CBr.COC(=O)C(C)C.COC(=O)C(CSC)NC(=O)C(C)(C)C.COC(=O)C(CSC)NC(=O)C(C)(C)C.COC(=O)C(N)CSC. The molecule has 0 aromatic carbocycles. The lowest BCUT2D eigenvalue weighted by Crippen LogP contribution is -2.53. The van der Waals surface area contributed by atoms with E-state index in [2.05, 4.69) is 124 Å². The molecule has 0 aromatic rings. The highest BCUT2D eigenvalue weighted by molar-refractivity contribution is 9.24. The van der Waals surface area contributed by atoms with E-state index in [1.54, 1.807) is 137 Å². The molecular formula is C82H161Br3N10O26S8. The Labute approximate surface area is 829 Å². The van der Waals surface area contributed by atoms with Crippen LogP contribution in [0.2, 0.25) is 0 Å². The Morgan fingerprint density at radius 3 is 1.05 bits per heavy atom. The number of rotatable bonds is 31. The van der Waals surface area contributed by atoms with Gasteiger partial charge in [-0.15, -0.1) is 0 Å². The molecular weight excluding hydrogens is 2040 g/mol. The number of amides is 6. The number of carboxylic acid groups (broad SMARTS) is 2. The fourth-order valence-electron chi connectivity index (χ4n) is 6.92. The second-order valence-corrected chi connectivity index (χ2v) is 44.0. The number of aliphatic carboxylic acids is 2. The van der Waals surface area contributed by atoms with Crippen molar-refractivity contribution in [2.45, 2.75) is 194 Å². The maximum absolute atomic E-state index is 12.4. The Hall–Kier alpha value is -4.40. The van der Waals surface area contributed by atoms with Crippen molar-refractivity contribution in [3.8, 4) is 0 Å². The molecule has 47 heteroatoms. The zero-order valence-corrected chi connectivity index (χ0v) is 93.6. The average Bonchev–Trinajstić information content (AvgIpc) is 0.849. The molecule has 1 fully saturated rings. The molecule has 1 aliphatic heterocycles. The van der Waals surface area contributed by atoms with Crippen LogP contribution >= 0.6 is 140 Å². The van der Waals surface area contributed by atoms with E-state index in [1.807, 2.05) is 72.2 Å². The number of nitrogens with one attached hydrogen (secondary N) is 9. The van der Waals surface area contributed by atoms with Gasteiger partial charge in [-0.3, -0.25) is 57.5 Å². The number of carbonyl (C=O) groups excluding carboxylic acids is 14. The highest BCUT2D eigenvalue weighted by Crippen LogP contribution is 2.26. The Kier molecular flexibility index (Phi) is 94.9. The van der Waals surface area contributed by atoms with Crippen LogP contribution < -0.4 is 53.6 Å². The molecule has 1 rings (SSSR count). The van der Waals surface area contributed by atoms with Crippen LogP contribution in [-0.2, 0) is 115 Å². The van der Waals surface area contributed by atoms with Crippen LogP contribution in [0.25, 0.3) is 0 Å². The molecule has 36 nitrogen and oxygen atoms in total. The van der Waals surface area contributed by atoms with Crippen LogP contribution in [0.5, 0.6) is 0 Å². The number of methoxy groups -OCH3 is 8. The van der Waals surface area contributed by atoms with E-state index in [1.165, 1.54) is 137 Å². The normalized spacial score (nSPS) is 14.7. The van der Waals surface area contributed by atoms with E-state index >= 15 is 0 Å². The van der Waals surface area contributed by atoms with Gasteiger partial charge in [-0.25, -0.2) is 19.2 Å². The van der Waals surface area contributed by atoms with Crippen LogP contribution in [0, 0.1) is 43.8 Å². The number of carbonyl (C=O) groups is 16. The lowest BCUT2D eigenvalue weighted by Gasteiger charge is -2.28. The summed E-state index contributed by atoms with van der Waals surface area (Å²) in [6.45, 7) is 35.8. The molecule has 129 heavy (non-hydrogen) atoms. The molecule has 0 radical (unpaired) electrons. The topological polar surface area (TPSA) is 522 Å². The number of esters is 8. The number of hydrogen-bond donors (Lipinski definition) is 12. The largest absolute Gasteiger partial charge is 0.481 e. The summed E-state index contributed by atoms with van der Waals surface area (Å²) in [5.41, 5.74) is 1.35. The molecule has 6 amide bonds. The van der Waals surface area contributed by atoms with Gasteiger partial charge in [0.05, 0.1) is 106 Å². The summed E-state index contributed by atoms with van der Waals surface area (Å²) in [6.07, 6.45) is 11.3. The van der Waals surface area contributed by atoms with E-state index in [-0.39, 0.29) is 103 Å². The van der Waals surface area contributed by atoms with Gasteiger partial charge in [-0.05, 0) is 142 Å². The first-order chi connectivity index (χ1) is 58.7. The minimum atomic E-state index is -0.849. The van der Waals surface area contributed by atoms with Crippen LogP contribution in [-0.4, -0.2) is 338 Å². The number of ether oxygens (including phenoxy) is 8. The van der Waals surface area contributed by atoms with Crippen molar-refractivity contribution in [2.24, 2.45) is 49.6 Å². The third kappa shape index (κ3) is 79.5. The van der Waals surface area contributed by atoms with E-state index in [9.17, 15) is 76.7 Å². The monoisotopic (exact) mass is 2190 g/mol. The Morgan fingerprint density at radius 2 is 0.814 bits per heavy atom. The van der Waals surface area contributed by atoms with Crippen LogP contribution in [0.15, 0.2) is 0 Å². The fraction of sp³-hybridized carbons (Fsp3) is 0.805. The molecule has 8 unspecified atom stereocenters. The van der Waals surface area contributed by atoms with E-state index in [0.717, 1.165) is 4.24 Å². The minimum absolute atomic E-state index is 0. The summed E-state index contributed by atoms with van der Waals surface area (Å²) in [4.78, 5) is 181. The lowest BCUT2D eigenvalue weighted by molar-refractivity contribution is -0.150. The van der Waals surface area contributed by atoms with E-state index < -0.39 is 105 Å². The summed E-state index contributed by atoms with van der Waals surface area (Å²) < 4.78 is 37.3. The lowest BCUT2D eigenvalue weighted by atomic mass is 9.91. The molecule has 1 saturated heterocycles. The molecule has 13 N–H and O–H groups in total. The third-order valence-electron chi connectivity index (χ3n) is 15.4. The van der Waals surface area contributed by atoms with Gasteiger partial charge in [0.1, 0.15) is 36.3 Å². The number of alkyl halides is 3. The Morgan fingerprint density at radius 1 is 0.481 bits per heavy atom. The Balaban J connectivity index is -0.000000137. The second kappa shape index (κ2) is 83.0. The zero-order valence-electron chi connectivity index (χ0n) is 82.4. The van der Waals surface area contributed by atoms with Crippen LogP contribution in [0.1, 0.15) is 146 Å². The molecule has 1 aliphatic rings. The number of carboxylic acids is 2. The van der Waals surface area contributed by atoms with Gasteiger partial charge in [0.15, 0.2) is 0 Å². The first-order valence-corrected chi connectivity index (χ1v) is 53.4. The third-order valence-corrected chi connectivity index (χ3v) is 23.2. The molecule has 0 bridgehead atoms. The van der Waals surface area contributed by atoms with Gasteiger partial charge >= 0.3 is 59.7 Å². The number of nitrogens with two attached hydrogens (primary N) is 1. The van der Waals surface area contributed by atoms with Gasteiger partial charge in [0.25, 0.3) is 0 Å². The first-order valence-electron chi connectivity index (χ1n) is 39.2. The predicted molar refractivity (Wildman–Crippen MR) is 544 cm³/mol.